The number of nitrogens with zero attached hydrogens (tertiary/aromatic N) is 2. The zero-order chi connectivity index (χ0) is 18.0. The maximum Gasteiger partial charge on any atom is 0.189 e. The molecule has 5 heteroatoms. The fraction of sp³-hybridized carbons (Fsp3) is 0.333. The van der Waals surface area contributed by atoms with E-state index in [0.29, 0.717) is 12.2 Å². The Morgan fingerprint density at radius 3 is 2.81 bits per heavy atom. The van der Waals surface area contributed by atoms with Crippen molar-refractivity contribution in [2.24, 2.45) is 10.4 Å². The lowest BCUT2D eigenvalue weighted by Gasteiger charge is -2.42. The van der Waals surface area contributed by atoms with Gasteiger partial charge in [0.1, 0.15) is 5.84 Å². The highest BCUT2D eigenvalue weighted by molar-refractivity contribution is 7.99. The van der Waals surface area contributed by atoms with E-state index in [0.717, 1.165) is 41.4 Å². The van der Waals surface area contributed by atoms with Crippen molar-refractivity contribution < 1.29 is 0 Å². The summed E-state index contributed by atoms with van der Waals surface area (Å²) in [4.78, 5) is 8.55. The Bertz CT molecular complexity index is 894. The van der Waals surface area contributed by atoms with Gasteiger partial charge in [-0.3, -0.25) is 4.99 Å². The third-order valence-corrected chi connectivity index (χ3v) is 6.49. The molecule has 1 N–H and O–H groups in total. The highest BCUT2D eigenvalue weighted by Crippen LogP contribution is 2.44. The Kier molecular flexibility index (Phi) is 4.93. The van der Waals surface area contributed by atoms with Gasteiger partial charge >= 0.3 is 0 Å². The van der Waals surface area contributed by atoms with Gasteiger partial charge in [-0.1, -0.05) is 35.9 Å². The van der Waals surface area contributed by atoms with Gasteiger partial charge in [0, 0.05) is 16.1 Å². The predicted molar refractivity (Wildman–Crippen MR) is 112 cm³/mol. The Labute approximate surface area is 163 Å². The first kappa shape index (κ1) is 17.5. The van der Waals surface area contributed by atoms with E-state index in [-0.39, 0.29) is 5.41 Å². The molecule has 1 fully saturated rings. The summed E-state index contributed by atoms with van der Waals surface area (Å²) in [5.41, 5.74) is 4.21. The molecule has 0 saturated carbocycles. The average Bonchev–Trinajstić information content (AvgIpc) is 2.67. The molecule has 2 aliphatic heterocycles. The largest absolute Gasteiger partial charge is 0.344 e. The molecule has 132 valence electrons. The van der Waals surface area contributed by atoms with Gasteiger partial charge < -0.3 is 5.32 Å². The first-order valence-electron chi connectivity index (χ1n) is 8.83. The molecule has 4 rings (SSSR count). The third-order valence-electron chi connectivity index (χ3n) is 5.27. The standard InChI is InChI=1S/C21H20ClN3S/c1-23-18-6-5-16-13-21(7-9-26-10-8-21)20(25-19(16)12-18)24-14-15-3-2-4-17(22)11-15/h2-6,11-12H,7-10,13-14H2,(H,24,25). The first-order valence-corrected chi connectivity index (χ1v) is 10.4. The van der Waals surface area contributed by atoms with Gasteiger partial charge in [0.05, 0.1) is 13.1 Å². The molecule has 0 aromatic heterocycles. The monoisotopic (exact) mass is 381 g/mol. The maximum atomic E-state index is 7.27. The van der Waals surface area contributed by atoms with Gasteiger partial charge in [-0.15, -0.1) is 0 Å². The zero-order valence-electron chi connectivity index (χ0n) is 14.5. The van der Waals surface area contributed by atoms with Gasteiger partial charge in [0.25, 0.3) is 0 Å². The van der Waals surface area contributed by atoms with Crippen molar-refractivity contribution in [3.05, 3.63) is 70.0 Å². The molecule has 0 unspecified atom stereocenters. The van der Waals surface area contributed by atoms with Crippen molar-refractivity contribution in [2.45, 2.75) is 25.8 Å². The number of rotatable bonds is 2. The van der Waals surface area contributed by atoms with E-state index in [1.165, 1.54) is 17.1 Å². The lowest BCUT2D eigenvalue weighted by molar-refractivity contribution is 0.377. The second kappa shape index (κ2) is 7.34. The minimum Gasteiger partial charge on any atom is -0.344 e. The van der Waals surface area contributed by atoms with Crippen molar-refractivity contribution in [3.8, 4) is 0 Å². The number of nitrogens with one attached hydrogen (secondary N) is 1. The van der Waals surface area contributed by atoms with Gasteiger partial charge in [-0.05, 0) is 60.1 Å². The zero-order valence-corrected chi connectivity index (χ0v) is 16.0. The number of halogens is 1. The average molecular weight is 382 g/mol. The normalized spacial score (nSPS) is 19.6. The van der Waals surface area contributed by atoms with Crippen molar-refractivity contribution in [1.29, 1.82) is 0 Å². The lowest BCUT2D eigenvalue weighted by Crippen LogP contribution is -2.44. The van der Waals surface area contributed by atoms with Gasteiger partial charge in [-0.2, -0.15) is 11.8 Å². The van der Waals surface area contributed by atoms with Crippen LogP contribution in [-0.2, 0) is 13.0 Å². The van der Waals surface area contributed by atoms with Crippen LogP contribution in [0.15, 0.2) is 47.5 Å². The summed E-state index contributed by atoms with van der Waals surface area (Å²) in [7, 11) is 0. The topological polar surface area (TPSA) is 28.8 Å². The molecule has 26 heavy (non-hydrogen) atoms. The molecule has 1 spiro atoms. The minimum atomic E-state index is 0.0937. The van der Waals surface area contributed by atoms with Crippen molar-refractivity contribution in [3.63, 3.8) is 0 Å². The van der Waals surface area contributed by atoms with Crippen LogP contribution in [0.1, 0.15) is 24.0 Å². The second-order valence-corrected chi connectivity index (χ2v) is 8.60. The number of benzene rings is 2. The van der Waals surface area contributed by atoms with Crippen LogP contribution in [0.3, 0.4) is 0 Å². The number of aliphatic imine (C=N–C) groups is 1. The van der Waals surface area contributed by atoms with E-state index in [1.807, 2.05) is 42.1 Å². The molecule has 0 amide bonds. The first-order chi connectivity index (χ1) is 12.7. The molecule has 0 bridgehead atoms. The van der Waals surface area contributed by atoms with Gasteiger partial charge in [0.2, 0.25) is 0 Å². The highest BCUT2D eigenvalue weighted by atomic mass is 35.5. The van der Waals surface area contributed by atoms with Crippen molar-refractivity contribution in [2.75, 3.05) is 16.8 Å². The Morgan fingerprint density at radius 2 is 2.04 bits per heavy atom. The molecule has 3 nitrogen and oxygen atoms in total. The molecule has 1 saturated heterocycles. The summed E-state index contributed by atoms with van der Waals surface area (Å²) >= 11 is 8.14. The number of anilines is 1. The Hall–Kier alpha value is -1.96. The highest BCUT2D eigenvalue weighted by Gasteiger charge is 2.41. The molecule has 0 atom stereocenters. The molecule has 0 radical (unpaired) electrons. The van der Waals surface area contributed by atoms with Crippen molar-refractivity contribution >= 4 is 40.6 Å². The summed E-state index contributed by atoms with van der Waals surface area (Å²) in [5.74, 6) is 3.42. The molecule has 2 aromatic carbocycles. The number of fused-ring (bicyclic) bond motifs is 1. The number of thioether (sulfide) groups is 1. The van der Waals surface area contributed by atoms with Crippen LogP contribution < -0.4 is 5.32 Å². The van der Waals surface area contributed by atoms with Crippen LogP contribution in [0.25, 0.3) is 4.85 Å². The second-order valence-electron chi connectivity index (χ2n) is 6.94. The molecule has 2 aliphatic rings. The summed E-state index contributed by atoms with van der Waals surface area (Å²) in [6, 6.07) is 13.9. The van der Waals surface area contributed by atoms with Crippen LogP contribution in [0.5, 0.6) is 0 Å². The molecular weight excluding hydrogens is 362 g/mol. The van der Waals surface area contributed by atoms with Gasteiger partial charge in [0.15, 0.2) is 5.69 Å². The quantitative estimate of drug-likeness (QED) is 0.649. The van der Waals surface area contributed by atoms with E-state index in [1.54, 1.807) is 0 Å². The number of hydrogen-bond donors (Lipinski definition) is 1. The van der Waals surface area contributed by atoms with Crippen LogP contribution in [0.4, 0.5) is 11.4 Å². The summed E-state index contributed by atoms with van der Waals surface area (Å²) in [6.07, 6.45) is 3.29. The molecule has 2 aromatic rings. The summed E-state index contributed by atoms with van der Waals surface area (Å²) in [6.45, 7) is 7.89. The number of hydrogen-bond acceptors (Lipinski definition) is 2. The summed E-state index contributed by atoms with van der Waals surface area (Å²) < 4.78 is 0. The SMILES string of the molecule is [C-]#[N+]c1ccc2c(c1)NC(=NCc1cccc(Cl)c1)C1(CCSCC1)C2. The van der Waals surface area contributed by atoms with Crippen LogP contribution in [0, 0.1) is 12.0 Å². The smallest absolute Gasteiger partial charge is 0.189 e. The fourth-order valence-electron chi connectivity index (χ4n) is 3.80. The van der Waals surface area contributed by atoms with E-state index in [4.69, 9.17) is 23.2 Å². The van der Waals surface area contributed by atoms with Crippen molar-refractivity contribution in [1.82, 2.24) is 0 Å². The Morgan fingerprint density at radius 1 is 1.19 bits per heavy atom. The lowest BCUT2D eigenvalue weighted by atomic mass is 9.72. The molecule has 0 aliphatic carbocycles. The maximum absolute atomic E-state index is 7.27. The fourth-order valence-corrected chi connectivity index (χ4v) is 5.29. The summed E-state index contributed by atoms with van der Waals surface area (Å²) in [5, 5.41) is 4.33. The Balaban J connectivity index is 1.69. The minimum absolute atomic E-state index is 0.0937. The molecular formula is C21H20ClN3S. The number of amidine groups is 1. The van der Waals surface area contributed by atoms with E-state index >= 15 is 0 Å². The molecule has 2 heterocycles. The van der Waals surface area contributed by atoms with E-state index < -0.39 is 0 Å². The van der Waals surface area contributed by atoms with Gasteiger partial charge in [-0.25, -0.2) is 4.85 Å². The van der Waals surface area contributed by atoms with Crippen LogP contribution >= 0.6 is 23.4 Å². The third kappa shape index (κ3) is 3.47. The van der Waals surface area contributed by atoms with Crippen LogP contribution in [0.2, 0.25) is 5.02 Å². The van der Waals surface area contributed by atoms with E-state index in [2.05, 4.69) is 22.3 Å². The van der Waals surface area contributed by atoms with E-state index in [9.17, 15) is 0 Å². The van der Waals surface area contributed by atoms with Crippen LogP contribution in [-0.4, -0.2) is 17.3 Å². The predicted octanol–water partition coefficient (Wildman–Crippen LogP) is 5.97.